The summed E-state index contributed by atoms with van der Waals surface area (Å²) in [4.78, 5) is 21.2. The van der Waals surface area contributed by atoms with Gasteiger partial charge in [0, 0.05) is 25.7 Å². The van der Waals surface area contributed by atoms with Gasteiger partial charge in [-0.1, -0.05) is 12.1 Å². The van der Waals surface area contributed by atoms with Gasteiger partial charge in [0.15, 0.2) is 5.96 Å². The summed E-state index contributed by atoms with van der Waals surface area (Å²) in [6.45, 7) is 9.45. The number of methoxy groups -OCH3 is 1. The number of ether oxygens (including phenoxy) is 2. The summed E-state index contributed by atoms with van der Waals surface area (Å²) < 4.78 is 10.6. The number of amides is 1. The van der Waals surface area contributed by atoms with E-state index < -0.39 is 0 Å². The standard InChI is InChI=1S/C24H39N5O3/c1-4-25-23(27-20-11-15-29(16-12-20)24(30)32-5-2)26-18-22(28-13-6-7-14-28)19-9-8-10-21(17-19)31-3/h8-10,17,20,22H,4-7,11-16,18H2,1-3H3,(H2,25,26,27). The lowest BCUT2D eigenvalue weighted by atomic mass is 10.0. The van der Waals surface area contributed by atoms with Crippen molar-refractivity contribution < 1.29 is 14.3 Å². The number of hydrogen-bond acceptors (Lipinski definition) is 5. The molecule has 32 heavy (non-hydrogen) atoms. The molecule has 0 radical (unpaired) electrons. The lowest BCUT2D eigenvalue weighted by Gasteiger charge is -2.32. The minimum Gasteiger partial charge on any atom is -0.497 e. The van der Waals surface area contributed by atoms with Crippen LogP contribution in [0.1, 0.15) is 51.1 Å². The molecule has 0 aliphatic carbocycles. The summed E-state index contributed by atoms with van der Waals surface area (Å²) >= 11 is 0. The van der Waals surface area contributed by atoms with Crippen LogP contribution in [0.25, 0.3) is 0 Å². The number of rotatable bonds is 8. The van der Waals surface area contributed by atoms with Crippen molar-refractivity contribution >= 4 is 12.1 Å². The Morgan fingerprint density at radius 1 is 1.19 bits per heavy atom. The largest absolute Gasteiger partial charge is 0.497 e. The van der Waals surface area contributed by atoms with Gasteiger partial charge < -0.3 is 25.0 Å². The zero-order valence-corrected chi connectivity index (χ0v) is 19.8. The number of guanidine groups is 1. The second-order valence-electron chi connectivity index (χ2n) is 8.36. The molecule has 0 bridgehead atoms. The van der Waals surface area contributed by atoms with Crippen molar-refractivity contribution in [1.82, 2.24) is 20.4 Å². The van der Waals surface area contributed by atoms with Gasteiger partial charge in [0.25, 0.3) is 0 Å². The van der Waals surface area contributed by atoms with Crippen molar-refractivity contribution in [3.8, 4) is 5.75 Å². The highest BCUT2D eigenvalue weighted by Crippen LogP contribution is 2.28. The molecule has 3 rings (SSSR count). The van der Waals surface area contributed by atoms with Gasteiger partial charge in [0.1, 0.15) is 5.75 Å². The average molecular weight is 446 g/mol. The van der Waals surface area contributed by atoms with E-state index >= 15 is 0 Å². The maximum Gasteiger partial charge on any atom is 0.409 e. The van der Waals surface area contributed by atoms with E-state index in [1.165, 1.54) is 18.4 Å². The maximum atomic E-state index is 11.9. The fourth-order valence-corrected chi connectivity index (χ4v) is 4.45. The second-order valence-corrected chi connectivity index (χ2v) is 8.36. The van der Waals surface area contributed by atoms with Crippen LogP contribution in [0.4, 0.5) is 4.79 Å². The first-order valence-corrected chi connectivity index (χ1v) is 12.0. The molecule has 0 spiro atoms. The average Bonchev–Trinajstić information content (AvgIpc) is 3.35. The van der Waals surface area contributed by atoms with E-state index in [0.29, 0.717) is 32.3 Å². The first-order chi connectivity index (χ1) is 15.6. The molecule has 2 fully saturated rings. The Kier molecular flexibility index (Phi) is 9.46. The summed E-state index contributed by atoms with van der Waals surface area (Å²) in [7, 11) is 1.71. The molecule has 2 saturated heterocycles. The van der Waals surface area contributed by atoms with Crippen LogP contribution in [0.15, 0.2) is 29.3 Å². The predicted molar refractivity (Wildman–Crippen MR) is 127 cm³/mol. The normalized spacial score (nSPS) is 19.0. The molecule has 1 amide bonds. The Labute approximate surface area is 192 Å². The Balaban J connectivity index is 1.64. The number of hydrogen-bond donors (Lipinski definition) is 2. The minimum atomic E-state index is -0.210. The number of carbonyl (C=O) groups excluding carboxylic acids is 1. The smallest absolute Gasteiger partial charge is 0.409 e. The highest BCUT2D eigenvalue weighted by molar-refractivity contribution is 5.80. The van der Waals surface area contributed by atoms with Gasteiger partial charge in [-0.15, -0.1) is 0 Å². The molecular weight excluding hydrogens is 406 g/mol. The van der Waals surface area contributed by atoms with Crippen LogP contribution >= 0.6 is 0 Å². The zero-order valence-electron chi connectivity index (χ0n) is 19.8. The molecule has 1 aromatic rings. The zero-order chi connectivity index (χ0) is 22.8. The summed E-state index contributed by atoms with van der Waals surface area (Å²) in [6.07, 6.45) is 4.03. The van der Waals surface area contributed by atoms with Crippen molar-refractivity contribution in [1.29, 1.82) is 0 Å². The first-order valence-electron chi connectivity index (χ1n) is 12.0. The van der Waals surface area contributed by atoms with Crippen LogP contribution in [0.3, 0.4) is 0 Å². The van der Waals surface area contributed by atoms with E-state index in [-0.39, 0.29) is 12.1 Å². The quantitative estimate of drug-likeness (QED) is 0.473. The molecule has 2 heterocycles. The van der Waals surface area contributed by atoms with Gasteiger partial charge in [0.05, 0.1) is 26.3 Å². The monoisotopic (exact) mass is 445 g/mol. The number of nitrogens with zero attached hydrogens (tertiary/aromatic N) is 3. The highest BCUT2D eigenvalue weighted by atomic mass is 16.6. The molecule has 0 saturated carbocycles. The van der Waals surface area contributed by atoms with Gasteiger partial charge in [-0.25, -0.2) is 4.79 Å². The first kappa shape index (κ1) is 24.2. The number of benzene rings is 1. The molecule has 8 nitrogen and oxygen atoms in total. The molecule has 8 heteroatoms. The highest BCUT2D eigenvalue weighted by Gasteiger charge is 2.26. The Morgan fingerprint density at radius 3 is 2.59 bits per heavy atom. The predicted octanol–water partition coefficient (Wildman–Crippen LogP) is 3.01. The van der Waals surface area contributed by atoms with E-state index in [4.69, 9.17) is 14.5 Å². The van der Waals surface area contributed by atoms with Gasteiger partial charge in [-0.2, -0.15) is 0 Å². The fraction of sp³-hybridized carbons (Fsp3) is 0.667. The van der Waals surface area contributed by atoms with E-state index in [1.807, 2.05) is 13.0 Å². The topological polar surface area (TPSA) is 78.4 Å². The van der Waals surface area contributed by atoms with E-state index in [9.17, 15) is 4.79 Å². The molecule has 2 N–H and O–H groups in total. The Hall–Kier alpha value is -2.48. The lowest BCUT2D eigenvalue weighted by Crippen LogP contribution is -2.50. The fourth-order valence-electron chi connectivity index (χ4n) is 4.45. The number of aliphatic imine (C=N–C) groups is 1. The van der Waals surface area contributed by atoms with Gasteiger partial charge >= 0.3 is 6.09 Å². The molecule has 178 valence electrons. The molecule has 1 aromatic carbocycles. The van der Waals surface area contributed by atoms with Gasteiger partial charge in [0.2, 0.25) is 0 Å². The third-order valence-electron chi connectivity index (χ3n) is 6.19. The van der Waals surface area contributed by atoms with Crippen molar-refractivity contribution in [3.05, 3.63) is 29.8 Å². The molecule has 2 aliphatic rings. The molecule has 1 unspecified atom stereocenters. The Morgan fingerprint density at radius 2 is 1.94 bits per heavy atom. The van der Waals surface area contributed by atoms with Crippen molar-refractivity contribution in [2.75, 3.05) is 53.0 Å². The van der Waals surface area contributed by atoms with Crippen molar-refractivity contribution in [3.63, 3.8) is 0 Å². The summed E-state index contributed by atoms with van der Waals surface area (Å²) in [5.41, 5.74) is 1.24. The number of likely N-dealkylation sites (tertiary alicyclic amines) is 2. The second kappa shape index (κ2) is 12.5. The van der Waals surface area contributed by atoms with Crippen LogP contribution in [0, 0.1) is 0 Å². The van der Waals surface area contributed by atoms with Crippen LogP contribution in [-0.4, -0.2) is 80.9 Å². The van der Waals surface area contributed by atoms with Crippen molar-refractivity contribution in [2.24, 2.45) is 4.99 Å². The third-order valence-corrected chi connectivity index (χ3v) is 6.19. The molecule has 1 atom stereocenters. The van der Waals surface area contributed by atoms with Crippen molar-refractivity contribution in [2.45, 2.75) is 51.6 Å². The molecule has 2 aliphatic heterocycles. The van der Waals surface area contributed by atoms with Crippen LogP contribution in [-0.2, 0) is 4.74 Å². The lowest BCUT2D eigenvalue weighted by molar-refractivity contribution is 0.0963. The van der Waals surface area contributed by atoms with Crippen LogP contribution < -0.4 is 15.4 Å². The van der Waals surface area contributed by atoms with Crippen LogP contribution in [0.5, 0.6) is 5.75 Å². The summed E-state index contributed by atoms with van der Waals surface area (Å²) in [6, 6.07) is 8.87. The maximum absolute atomic E-state index is 11.9. The van der Waals surface area contributed by atoms with E-state index in [0.717, 1.165) is 44.2 Å². The summed E-state index contributed by atoms with van der Waals surface area (Å²) in [5, 5.41) is 6.98. The van der Waals surface area contributed by atoms with E-state index in [2.05, 4.69) is 40.7 Å². The van der Waals surface area contributed by atoms with Gasteiger partial charge in [-0.3, -0.25) is 9.89 Å². The number of nitrogens with one attached hydrogen (secondary N) is 2. The summed E-state index contributed by atoms with van der Waals surface area (Å²) in [5.74, 6) is 1.73. The SMILES string of the molecule is CCNC(=NCC(c1cccc(OC)c1)N1CCCC1)NC1CCN(C(=O)OCC)CC1. The molecular formula is C24H39N5O3. The molecule has 0 aromatic heterocycles. The van der Waals surface area contributed by atoms with Crippen LogP contribution in [0.2, 0.25) is 0 Å². The Bertz CT molecular complexity index is 743. The number of piperidine rings is 1. The third kappa shape index (κ3) is 6.76. The van der Waals surface area contributed by atoms with E-state index in [1.54, 1.807) is 12.0 Å². The number of carbonyl (C=O) groups is 1. The minimum absolute atomic E-state index is 0.210. The van der Waals surface area contributed by atoms with Gasteiger partial charge in [-0.05, 0) is 70.3 Å².